The number of nitrogens with one attached hydrogen (secondary N) is 1. The predicted molar refractivity (Wildman–Crippen MR) is 47.6 cm³/mol. The first-order chi connectivity index (χ1) is 5.45. The van der Waals surface area contributed by atoms with E-state index in [1.54, 1.807) is 0 Å². The van der Waals surface area contributed by atoms with E-state index in [1.807, 2.05) is 0 Å². The standard InChI is InChI=1S/C10H19N/c1-2-9(1)5-7-11-8-6-10-3-4-10/h9-11H,1-8H2. The zero-order valence-corrected chi connectivity index (χ0v) is 7.31. The first-order valence-electron chi connectivity index (χ1n) is 5.16. The van der Waals surface area contributed by atoms with Crippen LogP contribution in [0.5, 0.6) is 0 Å². The Balaban J connectivity index is 1.35. The molecular formula is C10H19N. The zero-order valence-electron chi connectivity index (χ0n) is 7.31. The van der Waals surface area contributed by atoms with Crippen molar-refractivity contribution in [3.05, 3.63) is 0 Å². The molecule has 0 spiro atoms. The minimum absolute atomic E-state index is 1.10. The largest absolute Gasteiger partial charge is 0.317 e. The van der Waals surface area contributed by atoms with Crippen LogP contribution < -0.4 is 5.32 Å². The summed E-state index contributed by atoms with van der Waals surface area (Å²) < 4.78 is 0. The van der Waals surface area contributed by atoms with Gasteiger partial charge in [0.1, 0.15) is 0 Å². The van der Waals surface area contributed by atoms with Gasteiger partial charge < -0.3 is 5.32 Å². The highest BCUT2D eigenvalue weighted by Gasteiger charge is 2.21. The Morgan fingerprint density at radius 3 is 1.64 bits per heavy atom. The first kappa shape index (κ1) is 7.60. The molecule has 2 aliphatic carbocycles. The summed E-state index contributed by atoms with van der Waals surface area (Å²) >= 11 is 0. The zero-order chi connectivity index (χ0) is 7.52. The van der Waals surface area contributed by atoms with Crippen molar-refractivity contribution in [1.29, 1.82) is 0 Å². The molecule has 1 heteroatoms. The fourth-order valence-corrected chi connectivity index (χ4v) is 1.55. The molecule has 0 atom stereocenters. The molecule has 0 aromatic carbocycles. The van der Waals surface area contributed by atoms with Gasteiger partial charge in [-0.15, -0.1) is 0 Å². The quantitative estimate of drug-likeness (QED) is 0.577. The van der Waals surface area contributed by atoms with Crippen molar-refractivity contribution in [1.82, 2.24) is 5.32 Å². The topological polar surface area (TPSA) is 12.0 Å². The van der Waals surface area contributed by atoms with Crippen molar-refractivity contribution in [2.24, 2.45) is 11.8 Å². The molecule has 0 aromatic heterocycles. The van der Waals surface area contributed by atoms with E-state index < -0.39 is 0 Å². The maximum atomic E-state index is 3.53. The molecule has 64 valence electrons. The van der Waals surface area contributed by atoms with E-state index in [4.69, 9.17) is 0 Å². The Bertz CT molecular complexity index is 100. The van der Waals surface area contributed by atoms with Crippen LogP contribution in [-0.4, -0.2) is 13.1 Å². The van der Waals surface area contributed by atoms with Gasteiger partial charge in [0.2, 0.25) is 0 Å². The summed E-state index contributed by atoms with van der Waals surface area (Å²) in [7, 11) is 0. The van der Waals surface area contributed by atoms with Gasteiger partial charge in [-0.05, 0) is 37.8 Å². The average molecular weight is 153 g/mol. The third-order valence-corrected chi connectivity index (χ3v) is 2.85. The lowest BCUT2D eigenvalue weighted by Gasteiger charge is -2.01. The minimum Gasteiger partial charge on any atom is -0.317 e. The summed E-state index contributed by atoms with van der Waals surface area (Å²) in [6.07, 6.45) is 8.89. The van der Waals surface area contributed by atoms with E-state index in [9.17, 15) is 0 Å². The highest BCUT2D eigenvalue weighted by atomic mass is 14.8. The lowest BCUT2D eigenvalue weighted by Crippen LogP contribution is -2.17. The highest BCUT2D eigenvalue weighted by Crippen LogP contribution is 2.32. The van der Waals surface area contributed by atoms with E-state index in [-0.39, 0.29) is 0 Å². The molecule has 0 radical (unpaired) electrons. The fraction of sp³-hybridized carbons (Fsp3) is 1.00. The van der Waals surface area contributed by atoms with Gasteiger partial charge in [-0.1, -0.05) is 25.7 Å². The van der Waals surface area contributed by atoms with Crippen molar-refractivity contribution in [2.75, 3.05) is 13.1 Å². The maximum absolute atomic E-state index is 3.53. The monoisotopic (exact) mass is 153 g/mol. The van der Waals surface area contributed by atoms with Crippen LogP contribution in [0.1, 0.15) is 38.5 Å². The molecule has 1 N–H and O–H groups in total. The highest BCUT2D eigenvalue weighted by molar-refractivity contribution is 4.75. The lowest BCUT2D eigenvalue weighted by atomic mass is 10.2. The number of rotatable bonds is 6. The molecule has 0 heterocycles. The van der Waals surface area contributed by atoms with Crippen molar-refractivity contribution in [3.63, 3.8) is 0 Å². The third-order valence-electron chi connectivity index (χ3n) is 2.85. The summed E-state index contributed by atoms with van der Waals surface area (Å²) in [5.41, 5.74) is 0. The Kier molecular flexibility index (Phi) is 2.47. The predicted octanol–water partition coefficient (Wildman–Crippen LogP) is 2.18. The van der Waals surface area contributed by atoms with Gasteiger partial charge in [0.05, 0.1) is 0 Å². The van der Waals surface area contributed by atoms with Crippen molar-refractivity contribution in [2.45, 2.75) is 38.5 Å². The van der Waals surface area contributed by atoms with E-state index in [1.165, 1.54) is 51.6 Å². The van der Waals surface area contributed by atoms with Crippen molar-refractivity contribution in [3.8, 4) is 0 Å². The van der Waals surface area contributed by atoms with Gasteiger partial charge >= 0.3 is 0 Å². The van der Waals surface area contributed by atoms with Gasteiger partial charge in [-0.3, -0.25) is 0 Å². The van der Waals surface area contributed by atoms with E-state index in [2.05, 4.69) is 5.32 Å². The first-order valence-corrected chi connectivity index (χ1v) is 5.16. The molecule has 1 nitrogen and oxygen atoms in total. The van der Waals surface area contributed by atoms with Crippen LogP contribution in [0.15, 0.2) is 0 Å². The lowest BCUT2D eigenvalue weighted by molar-refractivity contribution is 0.575. The van der Waals surface area contributed by atoms with Gasteiger partial charge in [0.25, 0.3) is 0 Å². The minimum atomic E-state index is 1.10. The molecule has 2 saturated carbocycles. The number of hydrogen-bond acceptors (Lipinski definition) is 1. The molecule has 0 amide bonds. The van der Waals surface area contributed by atoms with E-state index >= 15 is 0 Å². The van der Waals surface area contributed by atoms with E-state index in [0.29, 0.717) is 0 Å². The molecule has 2 rings (SSSR count). The molecule has 11 heavy (non-hydrogen) atoms. The molecule has 0 bridgehead atoms. The summed E-state index contributed by atoms with van der Waals surface area (Å²) in [5, 5.41) is 3.53. The summed E-state index contributed by atoms with van der Waals surface area (Å²) in [5.74, 6) is 2.20. The Morgan fingerprint density at radius 1 is 0.818 bits per heavy atom. The van der Waals surface area contributed by atoms with Gasteiger partial charge in [0, 0.05) is 0 Å². The molecule has 2 aliphatic rings. The molecule has 2 fully saturated rings. The van der Waals surface area contributed by atoms with Crippen LogP contribution in [0.25, 0.3) is 0 Å². The normalized spacial score (nSPS) is 24.0. The third kappa shape index (κ3) is 3.24. The van der Waals surface area contributed by atoms with Crippen LogP contribution in [-0.2, 0) is 0 Å². The fourth-order valence-electron chi connectivity index (χ4n) is 1.55. The average Bonchev–Trinajstić information content (AvgIpc) is 2.83. The van der Waals surface area contributed by atoms with Crippen LogP contribution in [0.4, 0.5) is 0 Å². The van der Waals surface area contributed by atoms with Crippen LogP contribution in [0.3, 0.4) is 0 Å². The van der Waals surface area contributed by atoms with Crippen LogP contribution in [0.2, 0.25) is 0 Å². The summed E-state index contributed by atoms with van der Waals surface area (Å²) in [6.45, 7) is 2.55. The second kappa shape index (κ2) is 3.57. The van der Waals surface area contributed by atoms with Gasteiger partial charge in [-0.2, -0.15) is 0 Å². The second-order valence-electron chi connectivity index (χ2n) is 4.21. The molecule has 0 saturated heterocycles. The smallest absolute Gasteiger partial charge is 0.00463 e. The van der Waals surface area contributed by atoms with E-state index in [0.717, 1.165) is 11.8 Å². The molecule has 0 aliphatic heterocycles. The SMILES string of the molecule is C(CC1CC1)NCCC1CC1. The van der Waals surface area contributed by atoms with Crippen molar-refractivity contribution >= 4 is 0 Å². The van der Waals surface area contributed by atoms with Crippen LogP contribution >= 0.6 is 0 Å². The molecule has 0 unspecified atom stereocenters. The molecular weight excluding hydrogens is 134 g/mol. The van der Waals surface area contributed by atoms with Gasteiger partial charge in [-0.25, -0.2) is 0 Å². The molecule has 0 aromatic rings. The van der Waals surface area contributed by atoms with Gasteiger partial charge in [0.15, 0.2) is 0 Å². The van der Waals surface area contributed by atoms with Crippen LogP contribution in [0, 0.1) is 11.8 Å². The summed E-state index contributed by atoms with van der Waals surface area (Å²) in [4.78, 5) is 0. The Labute approximate surface area is 69.6 Å². The second-order valence-corrected chi connectivity index (χ2v) is 4.21. The van der Waals surface area contributed by atoms with Crippen molar-refractivity contribution < 1.29 is 0 Å². The number of hydrogen-bond donors (Lipinski definition) is 1. The summed E-state index contributed by atoms with van der Waals surface area (Å²) in [6, 6.07) is 0. The Hall–Kier alpha value is -0.0400. The Morgan fingerprint density at radius 2 is 1.27 bits per heavy atom. The maximum Gasteiger partial charge on any atom is -0.00463 e.